The number of hydrogen-bond acceptors (Lipinski definition) is 2. The van der Waals surface area contributed by atoms with Gasteiger partial charge in [0.2, 0.25) is 0 Å². The third-order valence-electron chi connectivity index (χ3n) is 4.97. The molecule has 1 aromatic carbocycles. The van der Waals surface area contributed by atoms with E-state index in [1.54, 1.807) is 0 Å². The van der Waals surface area contributed by atoms with Crippen molar-refractivity contribution in [1.82, 2.24) is 4.90 Å². The van der Waals surface area contributed by atoms with Crippen molar-refractivity contribution in [1.29, 1.82) is 0 Å². The van der Waals surface area contributed by atoms with Gasteiger partial charge in [-0.25, -0.2) is 9.47 Å². The van der Waals surface area contributed by atoms with E-state index in [9.17, 15) is 0 Å². The first-order valence-electron chi connectivity index (χ1n) is 8.71. The molecule has 1 aliphatic heterocycles. The number of nitrogens with zero attached hydrogens (tertiary/aromatic N) is 3. The molecule has 0 bridgehead atoms. The minimum Gasteiger partial charge on any atom is -0.334 e. The van der Waals surface area contributed by atoms with E-state index in [-0.39, 0.29) is 0 Å². The maximum atomic E-state index is 2.38. The van der Waals surface area contributed by atoms with E-state index in [1.165, 1.54) is 28.2 Å². The van der Waals surface area contributed by atoms with Gasteiger partial charge >= 0.3 is 0 Å². The molecule has 2 aromatic rings. The Balaban J connectivity index is 2.04. The third kappa shape index (κ3) is 2.79. The Kier molecular flexibility index (Phi) is 4.35. The first-order valence-corrected chi connectivity index (χ1v) is 8.71. The standard InChI is InChI=1S/C21H28N3/c1-15(2)23-12-13-24(18(23)5)21-9-7-8-20(22(21)6)19-14-16(3)10-11-17(19)4/h7-15,18H,1-6H3/q+1/t18-/m1/s1. The number of benzene rings is 1. The smallest absolute Gasteiger partial charge is 0.283 e. The first-order chi connectivity index (χ1) is 11.4. The molecule has 0 unspecified atom stereocenters. The molecule has 1 aromatic heterocycles. The van der Waals surface area contributed by atoms with Gasteiger partial charge in [-0.15, -0.1) is 0 Å². The summed E-state index contributed by atoms with van der Waals surface area (Å²) in [6.45, 7) is 11.1. The van der Waals surface area contributed by atoms with Crippen molar-refractivity contribution < 1.29 is 4.57 Å². The highest BCUT2D eigenvalue weighted by Crippen LogP contribution is 2.27. The fourth-order valence-corrected chi connectivity index (χ4v) is 3.53. The van der Waals surface area contributed by atoms with Crippen LogP contribution in [-0.4, -0.2) is 17.1 Å². The highest BCUT2D eigenvalue weighted by Gasteiger charge is 2.33. The van der Waals surface area contributed by atoms with Gasteiger partial charge in [-0.05, 0) is 58.4 Å². The summed E-state index contributed by atoms with van der Waals surface area (Å²) in [4.78, 5) is 4.72. The highest BCUT2D eigenvalue weighted by molar-refractivity contribution is 5.63. The monoisotopic (exact) mass is 322 g/mol. The van der Waals surface area contributed by atoms with Crippen molar-refractivity contribution >= 4 is 5.82 Å². The van der Waals surface area contributed by atoms with Gasteiger partial charge in [-0.2, -0.15) is 0 Å². The molecule has 3 nitrogen and oxygen atoms in total. The zero-order valence-electron chi connectivity index (χ0n) is 15.6. The SMILES string of the molecule is Cc1ccc(C)c(-c2cccc(N3C=CN(C(C)C)[C@H]3C)[n+]2C)c1. The van der Waals surface area contributed by atoms with E-state index in [1.807, 2.05) is 0 Å². The quantitative estimate of drug-likeness (QED) is 0.786. The van der Waals surface area contributed by atoms with Gasteiger partial charge in [0.15, 0.2) is 6.17 Å². The molecular weight excluding hydrogens is 294 g/mol. The lowest BCUT2D eigenvalue weighted by molar-refractivity contribution is -0.647. The summed E-state index contributed by atoms with van der Waals surface area (Å²) in [5.41, 5.74) is 5.15. The number of rotatable bonds is 3. The lowest BCUT2D eigenvalue weighted by Gasteiger charge is -2.28. The molecule has 0 radical (unpaired) electrons. The van der Waals surface area contributed by atoms with E-state index in [2.05, 4.69) is 105 Å². The summed E-state index contributed by atoms with van der Waals surface area (Å²) < 4.78 is 2.30. The molecule has 0 aliphatic carbocycles. The molecule has 1 atom stereocenters. The average Bonchev–Trinajstić information content (AvgIpc) is 2.92. The van der Waals surface area contributed by atoms with Crippen molar-refractivity contribution in [3.8, 4) is 11.3 Å². The van der Waals surface area contributed by atoms with Gasteiger partial charge in [0.25, 0.3) is 5.82 Å². The second-order valence-corrected chi connectivity index (χ2v) is 7.02. The predicted octanol–water partition coefficient (Wildman–Crippen LogP) is 4.14. The second kappa shape index (κ2) is 6.31. The number of anilines is 1. The van der Waals surface area contributed by atoms with Crippen LogP contribution in [0, 0.1) is 13.8 Å². The molecule has 24 heavy (non-hydrogen) atoms. The van der Waals surface area contributed by atoms with Crippen LogP contribution in [0.4, 0.5) is 5.82 Å². The van der Waals surface area contributed by atoms with Crippen LogP contribution in [0.15, 0.2) is 48.8 Å². The molecule has 3 heteroatoms. The molecule has 126 valence electrons. The number of aryl methyl sites for hydroxylation is 2. The van der Waals surface area contributed by atoms with Crippen LogP contribution in [-0.2, 0) is 7.05 Å². The van der Waals surface area contributed by atoms with Crippen LogP contribution in [0.25, 0.3) is 11.3 Å². The van der Waals surface area contributed by atoms with E-state index in [0.29, 0.717) is 12.2 Å². The molecule has 0 saturated heterocycles. The molecule has 3 rings (SSSR count). The summed E-state index contributed by atoms with van der Waals surface area (Å²) >= 11 is 0. The maximum absolute atomic E-state index is 2.38. The molecular formula is C21H28N3+. The highest BCUT2D eigenvalue weighted by atomic mass is 15.4. The predicted molar refractivity (Wildman–Crippen MR) is 101 cm³/mol. The molecule has 0 fully saturated rings. The van der Waals surface area contributed by atoms with Crippen LogP contribution < -0.4 is 9.47 Å². The van der Waals surface area contributed by atoms with Crippen molar-refractivity contribution in [3.05, 3.63) is 59.9 Å². The van der Waals surface area contributed by atoms with Gasteiger partial charge in [-0.1, -0.05) is 17.7 Å². The zero-order chi connectivity index (χ0) is 17.4. The Labute approximate surface area is 145 Å². The zero-order valence-corrected chi connectivity index (χ0v) is 15.6. The fourth-order valence-electron chi connectivity index (χ4n) is 3.53. The van der Waals surface area contributed by atoms with Gasteiger partial charge in [0.1, 0.15) is 11.9 Å². The van der Waals surface area contributed by atoms with Crippen molar-refractivity contribution in [3.63, 3.8) is 0 Å². The molecule has 1 aliphatic rings. The number of pyridine rings is 1. The Morgan fingerprint density at radius 2 is 1.79 bits per heavy atom. The normalized spacial score (nSPS) is 17.2. The lowest BCUT2D eigenvalue weighted by Crippen LogP contribution is -2.45. The summed E-state index contributed by atoms with van der Waals surface area (Å²) in [7, 11) is 2.16. The van der Waals surface area contributed by atoms with Crippen LogP contribution in [0.1, 0.15) is 31.9 Å². The number of hydrogen-bond donors (Lipinski definition) is 0. The van der Waals surface area contributed by atoms with Crippen molar-refractivity contribution in [2.45, 2.75) is 46.8 Å². The minimum atomic E-state index is 0.324. The fraction of sp³-hybridized carbons (Fsp3) is 0.381. The maximum Gasteiger partial charge on any atom is 0.283 e. The van der Waals surface area contributed by atoms with Gasteiger partial charge in [-0.3, -0.25) is 0 Å². The third-order valence-corrected chi connectivity index (χ3v) is 4.97. The molecule has 0 saturated carbocycles. The average molecular weight is 322 g/mol. The Morgan fingerprint density at radius 3 is 2.46 bits per heavy atom. The molecule has 0 spiro atoms. The van der Waals surface area contributed by atoms with Crippen molar-refractivity contribution in [2.24, 2.45) is 7.05 Å². The van der Waals surface area contributed by atoms with Crippen LogP contribution in [0.2, 0.25) is 0 Å². The van der Waals surface area contributed by atoms with Gasteiger partial charge in [0.05, 0.1) is 7.05 Å². The van der Waals surface area contributed by atoms with Crippen LogP contribution in [0.5, 0.6) is 0 Å². The summed E-state index contributed by atoms with van der Waals surface area (Å²) in [6.07, 6.45) is 4.71. The van der Waals surface area contributed by atoms with Crippen LogP contribution in [0.3, 0.4) is 0 Å². The summed E-state index contributed by atoms with van der Waals surface area (Å²) in [5.74, 6) is 1.21. The Hall–Kier alpha value is -2.29. The Morgan fingerprint density at radius 1 is 1.04 bits per heavy atom. The van der Waals surface area contributed by atoms with Crippen molar-refractivity contribution in [2.75, 3.05) is 4.90 Å². The second-order valence-electron chi connectivity index (χ2n) is 7.02. The van der Waals surface area contributed by atoms with Crippen LogP contribution >= 0.6 is 0 Å². The number of aromatic nitrogens is 1. The van der Waals surface area contributed by atoms with E-state index >= 15 is 0 Å². The minimum absolute atomic E-state index is 0.324. The largest absolute Gasteiger partial charge is 0.334 e. The molecule has 0 amide bonds. The topological polar surface area (TPSA) is 10.4 Å². The van der Waals surface area contributed by atoms with Gasteiger partial charge in [0, 0.05) is 23.9 Å². The lowest BCUT2D eigenvalue weighted by atomic mass is 10.0. The summed E-state index contributed by atoms with van der Waals surface area (Å²) in [5, 5.41) is 0. The first kappa shape index (κ1) is 16.6. The Bertz CT molecular complexity index is 777. The van der Waals surface area contributed by atoms with E-state index in [0.717, 1.165) is 0 Å². The molecule has 0 N–H and O–H groups in total. The summed E-state index contributed by atoms with van der Waals surface area (Å²) in [6, 6.07) is 13.7. The van der Waals surface area contributed by atoms with Gasteiger partial charge < -0.3 is 4.90 Å². The molecule has 2 heterocycles. The van der Waals surface area contributed by atoms with E-state index in [4.69, 9.17) is 0 Å². The van der Waals surface area contributed by atoms with E-state index < -0.39 is 0 Å².